The van der Waals surface area contributed by atoms with Gasteiger partial charge < -0.3 is 20.9 Å². The number of benzene rings is 4. The summed E-state index contributed by atoms with van der Waals surface area (Å²) in [6, 6.07) is 23.9. The normalized spacial score (nSPS) is 17.3. The molecule has 0 aliphatic carbocycles. The second-order valence-corrected chi connectivity index (χ2v) is 16.1. The summed E-state index contributed by atoms with van der Waals surface area (Å²) >= 11 is 0. The van der Waals surface area contributed by atoms with Crippen LogP contribution in [0.25, 0.3) is 10.8 Å². The van der Waals surface area contributed by atoms with Gasteiger partial charge in [-0.2, -0.15) is 0 Å². The van der Waals surface area contributed by atoms with Gasteiger partial charge in [-0.25, -0.2) is 14.0 Å². The Labute approximate surface area is 350 Å². The van der Waals surface area contributed by atoms with Crippen LogP contribution in [0.5, 0.6) is 0 Å². The molecule has 316 valence electrons. The molecule has 3 fully saturated rings. The van der Waals surface area contributed by atoms with Crippen LogP contribution in [0.2, 0.25) is 0 Å². The molecule has 3 heterocycles. The molecule has 0 saturated carbocycles. The lowest BCUT2D eigenvalue weighted by atomic mass is 9.92. The average molecular weight is 819 g/mol. The van der Waals surface area contributed by atoms with Gasteiger partial charge in [-0.15, -0.1) is 0 Å². The summed E-state index contributed by atoms with van der Waals surface area (Å²) in [6.07, 6.45) is 3.34. The first-order chi connectivity index (χ1) is 29.0. The molecule has 4 aromatic rings. The van der Waals surface area contributed by atoms with Crippen molar-refractivity contribution >= 4 is 51.9 Å². The van der Waals surface area contributed by atoms with Crippen LogP contribution in [0.1, 0.15) is 72.1 Å². The fourth-order valence-electron chi connectivity index (χ4n) is 8.50. The molecule has 0 radical (unpaired) electrons. The number of hydrogen-bond donors (Lipinski definition) is 4. The number of imide groups is 1. The fraction of sp³-hybridized carbons (Fsp3) is 0.413. The number of anilines is 2. The highest BCUT2D eigenvalue weighted by molar-refractivity contribution is 6.06. The molecule has 0 spiro atoms. The maximum atomic E-state index is 14.7. The molecule has 7 amide bonds. The van der Waals surface area contributed by atoms with Crippen LogP contribution in [0.3, 0.4) is 0 Å². The van der Waals surface area contributed by atoms with Gasteiger partial charge in [0.05, 0.1) is 0 Å². The van der Waals surface area contributed by atoms with E-state index in [4.69, 9.17) is 0 Å². The quantitative estimate of drug-likeness (QED) is 0.118. The summed E-state index contributed by atoms with van der Waals surface area (Å²) in [5.74, 6) is -1.17. The number of halogens is 1. The Morgan fingerprint density at radius 2 is 1.62 bits per heavy atom. The van der Waals surface area contributed by atoms with Gasteiger partial charge in [0, 0.05) is 81.1 Å². The largest absolute Gasteiger partial charge is 0.352 e. The van der Waals surface area contributed by atoms with Crippen LogP contribution in [-0.4, -0.2) is 103 Å². The van der Waals surface area contributed by atoms with E-state index in [9.17, 15) is 28.4 Å². The highest BCUT2D eigenvalue weighted by atomic mass is 19.1. The highest BCUT2D eigenvalue weighted by Crippen LogP contribution is 2.31. The number of fused-ring (bicyclic) bond motifs is 1. The molecule has 4 N–H and O–H groups in total. The molecule has 60 heavy (non-hydrogen) atoms. The van der Waals surface area contributed by atoms with E-state index in [2.05, 4.69) is 80.5 Å². The topological polar surface area (TPSA) is 146 Å². The van der Waals surface area contributed by atoms with Gasteiger partial charge in [-0.3, -0.25) is 34.4 Å². The van der Waals surface area contributed by atoms with Crippen LogP contribution >= 0.6 is 0 Å². The van der Waals surface area contributed by atoms with E-state index in [1.165, 1.54) is 33.4 Å². The average Bonchev–Trinajstić information content (AvgIpc) is 3.25. The molecule has 3 aliphatic heterocycles. The van der Waals surface area contributed by atoms with Gasteiger partial charge in [0.25, 0.3) is 5.91 Å². The number of rotatable bonds is 13. The van der Waals surface area contributed by atoms with Crippen molar-refractivity contribution in [3.63, 3.8) is 0 Å². The molecule has 0 aromatic heterocycles. The summed E-state index contributed by atoms with van der Waals surface area (Å²) in [7, 11) is 0. The minimum absolute atomic E-state index is 0.0344. The Bertz CT molecular complexity index is 2210. The zero-order valence-electron chi connectivity index (χ0n) is 34.5. The van der Waals surface area contributed by atoms with E-state index < -0.39 is 11.8 Å². The molecular weight excluding hydrogens is 764 g/mol. The Morgan fingerprint density at radius 1 is 0.850 bits per heavy atom. The van der Waals surface area contributed by atoms with Gasteiger partial charge in [0.1, 0.15) is 5.82 Å². The second-order valence-electron chi connectivity index (χ2n) is 16.1. The lowest BCUT2D eigenvalue weighted by molar-refractivity contribution is -0.126. The predicted octanol–water partition coefficient (Wildman–Crippen LogP) is 6.18. The van der Waals surface area contributed by atoms with Gasteiger partial charge in [0.15, 0.2) is 0 Å². The highest BCUT2D eigenvalue weighted by Gasteiger charge is 2.29. The Morgan fingerprint density at radius 3 is 2.40 bits per heavy atom. The molecule has 13 nitrogen and oxygen atoms in total. The minimum atomic E-state index is -0.488. The standard InChI is InChI=1S/C46H55FN8O5/c1-31-12-13-36(28-41(31)55-21-16-42(56)51-46(55)60)44(58)48-17-5-6-18-52-22-24-54(25-23-52)45(59)50-38-27-33(26-37(47)29-38)30-49-43(57)35-14-19-53(20-15-35)32(2)39-11-7-9-34-8-3-4-10-40(34)39/h3-4,7-13,26-29,32,35H,5-6,14-25,30H2,1-2H3,(H,48,58)(H,49,57)(H,50,59)(H,51,56,60)/t32-/m1/s1. The summed E-state index contributed by atoms with van der Waals surface area (Å²) < 4.78 is 14.7. The lowest BCUT2D eigenvalue weighted by Gasteiger charge is -2.36. The first-order valence-electron chi connectivity index (χ1n) is 21.1. The minimum Gasteiger partial charge on any atom is -0.352 e. The number of carbonyl (C=O) groups is 5. The third-order valence-corrected chi connectivity index (χ3v) is 12.1. The number of aryl methyl sites for hydroxylation is 1. The molecule has 1 atom stereocenters. The van der Waals surface area contributed by atoms with E-state index in [0.29, 0.717) is 55.2 Å². The fourth-order valence-corrected chi connectivity index (χ4v) is 8.50. The van der Waals surface area contributed by atoms with Crippen molar-refractivity contribution in [2.24, 2.45) is 5.92 Å². The maximum Gasteiger partial charge on any atom is 0.328 e. The molecular formula is C46H55FN8O5. The lowest BCUT2D eigenvalue weighted by Crippen LogP contribution is -2.50. The first kappa shape index (κ1) is 42.3. The molecule has 7 rings (SSSR count). The van der Waals surface area contributed by atoms with Gasteiger partial charge in [-0.1, -0.05) is 48.5 Å². The van der Waals surface area contributed by atoms with E-state index in [1.807, 2.05) is 6.92 Å². The van der Waals surface area contributed by atoms with Crippen molar-refractivity contribution in [3.8, 4) is 0 Å². The summed E-state index contributed by atoms with van der Waals surface area (Å²) in [5.41, 5.74) is 4.10. The third-order valence-electron chi connectivity index (χ3n) is 12.1. The molecule has 3 aliphatic rings. The number of unbranched alkanes of at least 4 members (excludes halogenated alkanes) is 1. The maximum absolute atomic E-state index is 14.7. The van der Waals surface area contributed by atoms with E-state index in [0.717, 1.165) is 50.9 Å². The number of piperidine rings is 1. The number of nitrogens with zero attached hydrogens (tertiary/aromatic N) is 4. The predicted molar refractivity (Wildman–Crippen MR) is 230 cm³/mol. The molecule has 3 saturated heterocycles. The van der Waals surface area contributed by atoms with Crippen molar-refractivity contribution in [2.75, 3.05) is 69.1 Å². The van der Waals surface area contributed by atoms with Crippen molar-refractivity contribution in [3.05, 3.63) is 107 Å². The van der Waals surface area contributed by atoms with Crippen LogP contribution in [0, 0.1) is 18.7 Å². The first-order valence-corrected chi connectivity index (χ1v) is 21.1. The zero-order valence-corrected chi connectivity index (χ0v) is 34.5. The second kappa shape index (κ2) is 19.5. The number of nitrogens with one attached hydrogen (secondary N) is 4. The molecule has 0 bridgehead atoms. The van der Waals surface area contributed by atoms with Gasteiger partial charge in [0.2, 0.25) is 11.8 Å². The molecule has 4 aromatic carbocycles. The van der Waals surface area contributed by atoms with Crippen molar-refractivity contribution in [1.29, 1.82) is 0 Å². The molecule has 14 heteroatoms. The van der Waals surface area contributed by atoms with Gasteiger partial charge >= 0.3 is 12.1 Å². The third kappa shape index (κ3) is 10.5. The summed E-state index contributed by atoms with van der Waals surface area (Å²) in [5, 5.41) is 13.6. The number of piperazine rings is 1. The summed E-state index contributed by atoms with van der Waals surface area (Å²) in [4.78, 5) is 71.1. The molecule has 0 unspecified atom stereocenters. The van der Waals surface area contributed by atoms with Crippen molar-refractivity contribution in [2.45, 2.75) is 58.5 Å². The number of hydrogen-bond acceptors (Lipinski definition) is 7. The van der Waals surface area contributed by atoms with Gasteiger partial charge in [-0.05, 0) is 117 Å². The Balaban J connectivity index is 0.792. The van der Waals surface area contributed by atoms with Crippen LogP contribution < -0.4 is 26.2 Å². The zero-order chi connectivity index (χ0) is 42.2. The Kier molecular flexibility index (Phi) is 13.7. The number of likely N-dealkylation sites (tertiary alicyclic amines) is 1. The SMILES string of the molecule is Cc1ccc(C(=O)NCCCCN2CCN(C(=O)Nc3cc(F)cc(CNC(=O)C4CCN([C@H](C)c5cccc6ccccc56)CC4)c3)CC2)cc1N1CCC(=O)NC1=O. The monoisotopic (exact) mass is 818 g/mol. The van der Waals surface area contributed by atoms with E-state index >= 15 is 0 Å². The van der Waals surface area contributed by atoms with E-state index in [-0.39, 0.29) is 55.2 Å². The van der Waals surface area contributed by atoms with Crippen LogP contribution in [-0.2, 0) is 16.1 Å². The van der Waals surface area contributed by atoms with Crippen molar-refractivity contribution < 1.29 is 28.4 Å². The smallest absolute Gasteiger partial charge is 0.328 e. The Hall–Kier alpha value is -5.86. The number of carbonyl (C=O) groups excluding carboxylic acids is 5. The van der Waals surface area contributed by atoms with E-state index in [1.54, 1.807) is 29.2 Å². The van der Waals surface area contributed by atoms with Crippen LogP contribution in [0.15, 0.2) is 78.9 Å². The number of amides is 7. The van der Waals surface area contributed by atoms with Crippen LogP contribution in [0.4, 0.5) is 25.4 Å². The number of urea groups is 2. The van der Waals surface area contributed by atoms with Crippen molar-refractivity contribution in [1.82, 2.24) is 30.7 Å². The summed E-state index contributed by atoms with van der Waals surface area (Å²) in [6.45, 7) is 9.93.